The maximum Gasteiger partial charge on any atom is 0.412 e. The fraction of sp³-hybridized carbons (Fsp3) is 0.312. The van der Waals surface area contributed by atoms with Crippen molar-refractivity contribution in [1.29, 1.82) is 0 Å². The molecule has 28 nitrogen and oxygen atoms in total. The lowest BCUT2D eigenvalue weighted by atomic mass is 9.96. The number of para-hydroxylation sites is 1. The second kappa shape index (κ2) is 47.3. The van der Waals surface area contributed by atoms with Gasteiger partial charge < -0.3 is 69.5 Å². The summed E-state index contributed by atoms with van der Waals surface area (Å²) in [4.78, 5) is 100. The molecule has 7 N–H and O–H groups in total. The summed E-state index contributed by atoms with van der Waals surface area (Å²) in [5, 5.41) is 32.0. The first-order chi connectivity index (χ1) is 68.8. The molecule has 1 saturated carbocycles. The number of pyridine rings is 6. The Balaban J connectivity index is 0.000000122. The van der Waals surface area contributed by atoms with Crippen LogP contribution in [0, 0.1) is 0 Å². The smallest absolute Gasteiger partial charge is 0.412 e. The zero-order chi connectivity index (χ0) is 97.1. The highest BCUT2D eigenvalue weighted by atomic mass is 32.1. The van der Waals surface area contributed by atoms with Gasteiger partial charge in [0.15, 0.2) is 0 Å². The summed E-state index contributed by atoms with van der Waals surface area (Å²) in [5.74, 6) is 3.51. The molecule has 5 saturated heterocycles. The van der Waals surface area contributed by atoms with Crippen molar-refractivity contribution in [3.8, 4) is 17.4 Å². The van der Waals surface area contributed by atoms with E-state index in [-0.39, 0.29) is 56.0 Å². The van der Waals surface area contributed by atoms with Gasteiger partial charge in [-0.05, 0) is 233 Å². The van der Waals surface area contributed by atoms with Crippen LogP contribution in [0.5, 0.6) is 17.4 Å². The van der Waals surface area contributed by atoms with Crippen molar-refractivity contribution in [1.82, 2.24) is 40.5 Å². The summed E-state index contributed by atoms with van der Waals surface area (Å²) < 4.78 is 33.2. The van der Waals surface area contributed by atoms with E-state index in [9.17, 15) is 24.0 Å². The van der Waals surface area contributed by atoms with E-state index in [1.54, 1.807) is 87.1 Å². The van der Waals surface area contributed by atoms with Crippen LogP contribution in [0.25, 0.3) is 51.1 Å². The number of hydrogen-bond acceptors (Lipinski definition) is 26. The fourth-order valence-corrected chi connectivity index (χ4v) is 22.1. The lowest BCUT2D eigenvalue weighted by Crippen LogP contribution is -2.39. The first-order valence-corrected chi connectivity index (χ1v) is 52.4. The van der Waals surface area contributed by atoms with Gasteiger partial charge >= 0.3 is 30.3 Å². The van der Waals surface area contributed by atoms with Gasteiger partial charge in [-0.1, -0.05) is 104 Å². The Morgan fingerprint density at radius 1 is 0.331 bits per heavy atom. The van der Waals surface area contributed by atoms with Crippen LogP contribution in [-0.4, -0.2) is 162 Å². The van der Waals surface area contributed by atoms with E-state index in [0.29, 0.717) is 60.4 Å². The monoisotopic (exact) mass is 2000 g/mol. The van der Waals surface area contributed by atoms with Crippen LogP contribution in [0.15, 0.2) is 264 Å². The van der Waals surface area contributed by atoms with Crippen molar-refractivity contribution >= 4 is 195 Å². The third-order valence-electron chi connectivity index (χ3n) is 25.5. The van der Waals surface area contributed by atoms with Crippen LogP contribution in [0.3, 0.4) is 0 Å². The molecule has 5 aromatic carbocycles. The van der Waals surface area contributed by atoms with Crippen molar-refractivity contribution in [3.63, 3.8) is 0 Å². The molecule has 734 valence electrons. The van der Waals surface area contributed by atoms with Gasteiger partial charge in [-0.25, -0.2) is 33.9 Å². The molecule has 0 bridgehead atoms. The van der Waals surface area contributed by atoms with E-state index in [0.717, 1.165) is 152 Å². The Morgan fingerprint density at radius 2 is 0.676 bits per heavy atom. The second-order valence-corrected chi connectivity index (χ2v) is 40.9. The lowest BCUT2D eigenvalue weighted by molar-refractivity contribution is 0.114. The number of ether oxygens (including phenoxy) is 5. The number of anilines is 10. The van der Waals surface area contributed by atoms with E-state index >= 15 is 0 Å². The standard InChI is InChI=1S/C24H21N3O3S.C21H22N4O3S.2C21H24N4OS.C21H23N3O2S.CH4/c28-24(26-17-6-8-19(9-7-17)29-18-4-2-1-3-5-18)30-20-11-14-27(16-20)22-10-13-25-21-12-15-31-23(21)22;26-21(24-14-4-5-19(23-12-14)27-15-2-1-3-15)28-16-7-10-25(13-16)18-6-9-22-17-8-11-29-20(17)18;1-14(2)15-3-5-16(6-4-15)23-21(26)24-17-8-11-25(13-17)19-7-10-22-18-9-12-27-20(18)19;1-14(2)15-3-5-16(6-4-15)23-21(26)24-17-8-11-25(13-17)19-7-10-22-20-18(19)9-12-27-20;1-14(2)15-3-5-16(6-4-15)23-21(25)26-17-8-11-24(13-17)19-7-10-22-18-9-12-27-20(18)19;/h1-10,12-13,15,20H,11,14,16H2,(H,26,28);4-6,8-9,11-12,15-16H,1-3,7,10,13H2,(H,24,26);2*3-7,9-10,12,14,17H,8,11,13H2,1-2H3,(H2,23,24,26);3-7,9-10,12,14,17H,8,11,13H2,1-2H3,(H,23,25);1H4. The number of benzene rings is 5. The summed E-state index contributed by atoms with van der Waals surface area (Å²) in [6, 6.07) is 64.8. The highest BCUT2D eigenvalue weighted by molar-refractivity contribution is 7.19. The van der Waals surface area contributed by atoms with Gasteiger partial charge in [0.1, 0.15) is 40.7 Å². The molecule has 1 aliphatic carbocycles. The Labute approximate surface area is 846 Å². The van der Waals surface area contributed by atoms with Crippen LogP contribution in [-0.2, 0) is 14.2 Å². The quantitative estimate of drug-likeness (QED) is 0.0310. The first kappa shape index (κ1) is 99.3. The number of aromatic nitrogens is 6. The van der Waals surface area contributed by atoms with Crippen molar-refractivity contribution in [2.75, 3.05) is 117 Å². The van der Waals surface area contributed by atoms with E-state index in [4.69, 9.17) is 23.7 Å². The third-order valence-corrected chi connectivity index (χ3v) is 30.1. The summed E-state index contributed by atoms with van der Waals surface area (Å²) in [6.45, 7) is 21.1. The van der Waals surface area contributed by atoms with E-state index in [1.807, 2.05) is 164 Å². The van der Waals surface area contributed by atoms with Crippen molar-refractivity contribution < 1.29 is 47.7 Å². The normalized spacial score (nSPS) is 17.0. The summed E-state index contributed by atoms with van der Waals surface area (Å²) in [7, 11) is 0. The zero-order valence-electron chi connectivity index (χ0n) is 79.4. The minimum atomic E-state index is -0.456. The number of amides is 7. The summed E-state index contributed by atoms with van der Waals surface area (Å²) in [6.07, 6.45) is 17.1. The highest BCUT2D eigenvalue weighted by Gasteiger charge is 2.33. The molecule has 33 heteroatoms. The van der Waals surface area contributed by atoms with Crippen LogP contribution in [0.4, 0.5) is 80.8 Å². The number of rotatable bonds is 22. The van der Waals surface area contributed by atoms with Crippen molar-refractivity contribution in [2.45, 2.75) is 155 Å². The van der Waals surface area contributed by atoms with Crippen molar-refractivity contribution in [3.05, 3.63) is 281 Å². The minimum absolute atomic E-state index is 0. The Morgan fingerprint density at radius 3 is 1.06 bits per heavy atom. The molecule has 5 unspecified atom stereocenters. The molecule has 11 aromatic heterocycles. The van der Waals surface area contributed by atoms with Crippen LogP contribution in [0.1, 0.15) is 135 Å². The average Bonchev–Trinajstić information content (AvgIpc) is 1.67. The molecule has 16 aromatic rings. The molecule has 6 fully saturated rings. The fourth-order valence-electron chi connectivity index (χ4n) is 17.8. The predicted molar refractivity (Wildman–Crippen MR) is 580 cm³/mol. The maximum atomic E-state index is 12.4. The molecular formula is C109H118N18O10S5. The number of urea groups is 2. The SMILES string of the molecule is C.CC(C)c1ccc(NC(=O)NC2CCN(c3ccnc4ccsc34)C2)cc1.CC(C)c1ccc(NC(=O)NC2CCN(c3ccnc4sccc34)C2)cc1.CC(C)c1ccc(NC(=O)OC2CCN(c3ccnc4ccsc34)C2)cc1.O=C(Nc1ccc(OC2CCC2)nc1)OC1CCN(c2ccnc3ccsc23)C1.O=C(Nc1ccc(Oc2ccccc2)cc1)OC1CCN(c2ccnc3ccsc23)C1. The molecule has 5 atom stereocenters. The molecular weight excluding hydrogens is 1880 g/mol. The number of hydrogen-bond donors (Lipinski definition) is 7. The van der Waals surface area contributed by atoms with Crippen LogP contribution in [0.2, 0.25) is 0 Å². The van der Waals surface area contributed by atoms with Gasteiger partial charge in [0.05, 0.1) is 95.1 Å². The number of carbonyl (C=O) groups is 5. The topological polar surface area (TPSA) is 309 Å². The molecule has 142 heavy (non-hydrogen) atoms. The summed E-state index contributed by atoms with van der Waals surface area (Å²) in [5.41, 5.74) is 17.4. The van der Waals surface area contributed by atoms with Gasteiger partial charge in [0, 0.05) is 148 Å². The number of fused-ring (bicyclic) bond motifs is 5. The summed E-state index contributed by atoms with van der Waals surface area (Å²) >= 11 is 8.44. The zero-order valence-corrected chi connectivity index (χ0v) is 83.5. The maximum absolute atomic E-state index is 12.4. The Bertz CT molecular complexity index is 6520. The van der Waals surface area contributed by atoms with Gasteiger partial charge in [0.2, 0.25) is 5.88 Å². The van der Waals surface area contributed by atoms with E-state index < -0.39 is 18.3 Å². The number of nitrogens with one attached hydrogen (secondary N) is 7. The second-order valence-electron chi connectivity index (χ2n) is 36.4. The molecule has 6 aliphatic rings. The van der Waals surface area contributed by atoms with Gasteiger partial charge in [0.25, 0.3) is 0 Å². The largest absolute Gasteiger partial charge is 0.474 e. The number of thiophene rings is 5. The molecule has 16 heterocycles. The molecule has 0 radical (unpaired) electrons. The Hall–Kier alpha value is -14.3. The van der Waals surface area contributed by atoms with E-state index in [2.05, 4.69) is 203 Å². The van der Waals surface area contributed by atoms with E-state index in [1.165, 1.54) is 64.4 Å². The lowest BCUT2D eigenvalue weighted by Gasteiger charge is -2.25. The van der Waals surface area contributed by atoms with Gasteiger partial charge in [-0.2, -0.15) is 0 Å². The number of nitrogens with zero attached hydrogens (tertiary/aromatic N) is 11. The van der Waals surface area contributed by atoms with Crippen LogP contribution < -0.4 is 71.2 Å². The molecule has 0 spiro atoms. The molecule has 22 rings (SSSR count). The first-order valence-electron chi connectivity index (χ1n) is 48.0. The van der Waals surface area contributed by atoms with Gasteiger partial charge in [-0.15, -0.1) is 56.7 Å². The van der Waals surface area contributed by atoms with Crippen LogP contribution >= 0.6 is 56.7 Å². The molecule has 5 aliphatic heterocycles. The molecule has 7 amide bonds. The highest BCUT2D eigenvalue weighted by Crippen LogP contribution is 2.40. The minimum Gasteiger partial charge on any atom is -0.474 e. The predicted octanol–water partition coefficient (Wildman–Crippen LogP) is 25.9. The third kappa shape index (κ3) is 25.9. The van der Waals surface area contributed by atoms with Crippen molar-refractivity contribution in [2.24, 2.45) is 0 Å². The number of carbonyl (C=O) groups excluding carboxylic acids is 5. The average molecular weight is 2000 g/mol. The Kier molecular flexibility index (Phi) is 33.1. The van der Waals surface area contributed by atoms with Gasteiger partial charge in [-0.3, -0.25) is 35.9 Å².